The summed E-state index contributed by atoms with van der Waals surface area (Å²) in [6.45, 7) is 4.58. The minimum Gasteiger partial charge on any atom is -0.388 e. The third-order valence-corrected chi connectivity index (χ3v) is 2.62. The average molecular weight is 258 g/mol. The second kappa shape index (κ2) is 7.84. The molecule has 2 amide bonds. The molecule has 0 saturated heterocycles. The van der Waals surface area contributed by atoms with Crippen molar-refractivity contribution in [3.8, 4) is 0 Å². The Bertz CT molecular complexity index is 317. The number of amides is 2. The number of aliphatic hydroxyl groups excluding tert-OH is 2. The van der Waals surface area contributed by atoms with Crippen molar-refractivity contribution in [3.63, 3.8) is 0 Å². The number of aliphatic hydroxyl groups is 2. The summed E-state index contributed by atoms with van der Waals surface area (Å²) in [5.41, 5.74) is 0. The van der Waals surface area contributed by atoms with Crippen LogP contribution in [0.1, 0.15) is 20.8 Å². The van der Waals surface area contributed by atoms with Gasteiger partial charge in [-0.05, 0) is 6.92 Å². The van der Waals surface area contributed by atoms with E-state index in [1.165, 1.54) is 26.1 Å². The van der Waals surface area contributed by atoms with Crippen molar-refractivity contribution in [1.29, 1.82) is 0 Å². The molecule has 4 unspecified atom stereocenters. The first-order valence-corrected chi connectivity index (χ1v) is 5.82. The number of carbonyl (C=O) groups is 2. The van der Waals surface area contributed by atoms with Crippen molar-refractivity contribution < 1.29 is 19.8 Å². The van der Waals surface area contributed by atoms with Crippen molar-refractivity contribution in [2.75, 3.05) is 7.05 Å². The lowest BCUT2D eigenvalue weighted by Crippen LogP contribution is -2.39. The highest BCUT2D eigenvalue weighted by Crippen LogP contribution is 2.06. The predicted molar refractivity (Wildman–Crippen MR) is 67.7 cm³/mol. The highest BCUT2D eigenvalue weighted by atomic mass is 16.3. The fourth-order valence-corrected chi connectivity index (χ4v) is 1.35. The molecule has 0 aliphatic carbocycles. The SMILES string of the molecule is CNC(=O)C(C)C(O)/C=C\C(O)C(C)NC(C)=O. The molecule has 0 spiro atoms. The van der Waals surface area contributed by atoms with Crippen molar-refractivity contribution in [2.24, 2.45) is 5.92 Å². The zero-order valence-corrected chi connectivity index (χ0v) is 11.2. The monoisotopic (exact) mass is 258 g/mol. The number of hydrogen-bond donors (Lipinski definition) is 4. The molecule has 0 saturated carbocycles. The second-order valence-electron chi connectivity index (χ2n) is 4.26. The summed E-state index contributed by atoms with van der Waals surface area (Å²) >= 11 is 0. The third-order valence-electron chi connectivity index (χ3n) is 2.62. The molecular weight excluding hydrogens is 236 g/mol. The van der Waals surface area contributed by atoms with Gasteiger partial charge in [0, 0.05) is 14.0 Å². The molecule has 0 aromatic heterocycles. The molecule has 0 heterocycles. The van der Waals surface area contributed by atoms with Crippen LogP contribution in [0, 0.1) is 5.92 Å². The van der Waals surface area contributed by atoms with Gasteiger partial charge in [0.2, 0.25) is 11.8 Å². The first-order chi connectivity index (χ1) is 8.29. The van der Waals surface area contributed by atoms with Gasteiger partial charge in [0.15, 0.2) is 0 Å². The molecule has 18 heavy (non-hydrogen) atoms. The second-order valence-corrected chi connectivity index (χ2v) is 4.26. The van der Waals surface area contributed by atoms with Gasteiger partial charge in [0.25, 0.3) is 0 Å². The van der Waals surface area contributed by atoms with Crippen LogP contribution in [0.2, 0.25) is 0 Å². The molecule has 0 aliphatic heterocycles. The van der Waals surface area contributed by atoms with E-state index in [0.29, 0.717) is 0 Å². The van der Waals surface area contributed by atoms with Gasteiger partial charge in [0.05, 0.1) is 24.2 Å². The highest BCUT2D eigenvalue weighted by molar-refractivity contribution is 5.78. The number of rotatable bonds is 6. The maximum atomic E-state index is 11.3. The summed E-state index contributed by atoms with van der Waals surface area (Å²) in [7, 11) is 1.49. The van der Waals surface area contributed by atoms with E-state index in [1.807, 2.05) is 0 Å². The molecule has 0 aliphatic rings. The number of carbonyl (C=O) groups excluding carboxylic acids is 2. The lowest BCUT2D eigenvalue weighted by Gasteiger charge is -2.18. The fraction of sp³-hybridized carbons (Fsp3) is 0.667. The first-order valence-electron chi connectivity index (χ1n) is 5.82. The first kappa shape index (κ1) is 16.6. The van der Waals surface area contributed by atoms with Crippen LogP contribution in [0.4, 0.5) is 0 Å². The summed E-state index contributed by atoms with van der Waals surface area (Å²) in [4.78, 5) is 22.0. The Morgan fingerprint density at radius 1 is 1.11 bits per heavy atom. The van der Waals surface area contributed by atoms with E-state index in [9.17, 15) is 19.8 Å². The van der Waals surface area contributed by atoms with Crippen LogP contribution in [-0.2, 0) is 9.59 Å². The van der Waals surface area contributed by atoms with Gasteiger partial charge in [-0.25, -0.2) is 0 Å². The van der Waals surface area contributed by atoms with Gasteiger partial charge in [-0.2, -0.15) is 0 Å². The van der Waals surface area contributed by atoms with Crippen LogP contribution in [0.15, 0.2) is 12.2 Å². The van der Waals surface area contributed by atoms with E-state index < -0.39 is 24.2 Å². The highest BCUT2D eigenvalue weighted by Gasteiger charge is 2.19. The molecule has 4 atom stereocenters. The van der Waals surface area contributed by atoms with E-state index in [1.54, 1.807) is 13.8 Å². The number of nitrogens with one attached hydrogen (secondary N) is 2. The molecular formula is C12H22N2O4. The standard InChI is InChI=1S/C12H22N2O4/c1-7(12(18)13-4)10(16)5-6-11(17)8(2)14-9(3)15/h5-8,10-11,16-17H,1-4H3,(H,13,18)(H,14,15)/b6-5-. The summed E-state index contributed by atoms with van der Waals surface area (Å²) in [6, 6.07) is -0.457. The molecule has 0 radical (unpaired) electrons. The Labute approximate surface area is 107 Å². The van der Waals surface area contributed by atoms with Gasteiger partial charge in [-0.1, -0.05) is 19.1 Å². The molecule has 6 nitrogen and oxygen atoms in total. The molecule has 0 aromatic rings. The maximum absolute atomic E-state index is 11.3. The summed E-state index contributed by atoms with van der Waals surface area (Å²) < 4.78 is 0. The van der Waals surface area contributed by atoms with Crippen LogP contribution in [-0.4, -0.2) is 47.3 Å². The van der Waals surface area contributed by atoms with Crippen molar-refractivity contribution >= 4 is 11.8 Å². The minimum absolute atomic E-state index is 0.241. The van der Waals surface area contributed by atoms with Gasteiger partial charge >= 0.3 is 0 Å². The quantitative estimate of drug-likeness (QED) is 0.467. The molecule has 0 rings (SSSR count). The fourth-order valence-electron chi connectivity index (χ4n) is 1.35. The maximum Gasteiger partial charge on any atom is 0.225 e. The molecule has 0 aromatic carbocycles. The van der Waals surface area contributed by atoms with E-state index in [4.69, 9.17) is 0 Å². The van der Waals surface area contributed by atoms with Crippen LogP contribution in [0.3, 0.4) is 0 Å². The zero-order valence-electron chi connectivity index (χ0n) is 11.2. The third kappa shape index (κ3) is 5.79. The van der Waals surface area contributed by atoms with Gasteiger partial charge in [-0.15, -0.1) is 0 Å². The topological polar surface area (TPSA) is 98.7 Å². The van der Waals surface area contributed by atoms with Gasteiger partial charge < -0.3 is 20.8 Å². The van der Waals surface area contributed by atoms with E-state index >= 15 is 0 Å². The van der Waals surface area contributed by atoms with Crippen LogP contribution in [0.5, 0.6) is 0 Å². The molecule has 4 N–H and O–H groups in total. The van der Waals surface area contributed by atoms with Gasteiger partial charge in [-0.3, -0.25) is 9.59 Å². The van der Waals surface area contributed by atoms with Crippen molar-refractivity contribution in [1.82, 2.24) is 10.6 Å². The normalized spacial score (nSPS) is 17.9. The van der Waals surface area contributed by atoms with E-state index in [-0.39, 0.29) is 11.8 Å². The number of hydrogen-bond acceptors (Lipinski definition) is 4. The van der Waals surface area contributed by atoms with Crippen molar-refractivity contribution in [2.45, 2.75) is 39.0 Å². The zero-order chi connectivity index (χ0) is 14.3. The lowest BCUT2D eigenvalue weighted by molar-refractivity contribution is -0.126. The van der Waals surface area contributed by atoms with Gasteiger partial charge in [0.1, 0.15) is 0 Å². The summed E-state index contributed by atoms with van der Waals surface area (Å²) in [5.74, 6) is -1.12. The lowest BCUT2D eigenvalue weighted by atomic mass is 10.0. The largest absolute Gasteiger partial charge is 0.388 e. The Kier molecular flexibility index (Phi) is 7.23. The Balaban J connectivity index is 4.36. The predicted octanol–water partition coefficient (Wildman–Crippen LogP) is -0.829. The van der Waals surface area contributed by atoms with Crippen LogP contribution in [0.25, 0.3) is 0 Å². The van der Waals surface area contributed by atoms with Crippen molar-refractivity contribution in [3.05, 3.63) is 12.2 Å². The van der Waals surface area contributed by atoms with E-state index in [0.717, 1.165) is 0 Å². The summed E-state index contributed by atoms with van der Waals surface area (Å²) in [6.07, 6.45) is 0.817. The molecule has 104 valence electrons. The molecule has 0 fully saturated rings. The van der Waals surface area contributed by atoms with E-state index in [2.05, 4.69) is 10.6 Å². The minimum atomic E-state index is -0.982. The average Bonchev–Trinajstić information content (AvgIpc) is 2.32. The Morgan fingerprint density at radius 3 is 2.06 bits per heavy atom. The Hall–Kier alpha value is -1.40. The molecule has 0 bridgehead atoms. The smallest absolute Gasteiger partial charge is 0.225 e. The summed E-state index contributed by atoms with van der Waals surface area (Å²) in [5, 5.41) is 24.3. The Morgan fingerprint density at radius 2 is 1.61 bits per heavy atom. The molecule has 6 heteroatoms. The van der Waals surface area contributed by atoms with Crippen LogP contribution < -0.4 is 10.6 Å². The van der Waals surface area contributed by atoms with Crippen LogP contribution >= 0.6 is 0 Å².